The molecule has 0 aromatic heterocycles. The minimum atomic E-state index is -3.58. The van der Waals surface area contributed by atoms with Gasteiger partial charge in [0.15, 0.2) is 5.78 Å². The van der Waals surface area contributed by atoms with E-state index in [1.807, 2.05) is 29.3 Å². The number of sulfonamides is 1. The molecule has 31 heavy (non-hydrogen) atoms. The van der Waals surface area contributed by atoms with Crippen LogP contribution < -0.4 is 9.57 Å². The predicted octanol–water partition coefficient (Wildman–Crippen LogP) is 4.56. The number of nitrogens with zero attached hydrogens (tertiary/aromatic N) is 1. The number of carbonyl (C=O) groups is 1. The Kier molecular flexibility index (Phi) is 7.11. The van der Waals surface area contributed by atoms with E-state index in [2.05, 4.69) is 20.8 Å². The molecule has 1 aliphatic heterocycles. The van der Waals surface area contributed by atoms with E-state index >= 15 is 0 Å². The second-order valence-electron chi connectivity index (χ2n) is 8.19. The van der Waals surface area contributed by atoms with Crippen molar-refractivity contribution in [2.45, 2.75) is 49.5 Å². The van der Waals surface area contributed by atoms with Crippen molar-refractivity contribution in [2.75, 3.05) is 13.2 Å². The van der Waals surface area contributed by atoms with Crippen LogP contribution in [0.25, 0.3) is 0 Å². The molecule has 1 atom stereocenters. The van der Waals surface area contributed by atoms with Gasteiger partial charge in [-0.05, 0) is 87.1 Å². The Bertz CT molecular complexity index is 1000. The Morgan fingerprint density at radius 3 is 2.45 bits per heavy atom. The second-order valence-corrected chi connectivity index (χ2v) is 10.8. The smallest absolute Gasteiger partial charge is 0.253 e. The SMILES string of the molecule is O=C(c1ccc(OCCCC2CCCN2NS(=O)(=O)c2ccc(Br)cc2)cc1)C1CC1. The Hall–Kier alpha value is -1.74. The third-order valence-corrected chi connectivity index (χ3v) is 7.67. The average molecular weight is 507 g/mol. The van der Waals surface area contributed by atoms with Crippen molar-refractivity contribution >= 4 is 31.7 Å². The van der Waals surface area contributed by atoms with E-state index in [-0.39, 0.29) is 22.6 Å². The molecule has 1 saturated heterocycles. The highest BCUT2D eigenvalue weighted by atomic mass is 79.9. The molecule has 0 radical (unpaired) electrons. The maximum atomic E-state index is 12.7. The van der Waals surface area contributed by atoms with Gasteiger partial charge < -0.3 is 4.74 Å². The van der Waals surface area contributed by atoms with Crippen molar-refractivity contribution in [1.82, 2.24) is 9.84 Å². The lowest BCUT2D eigenvalue weighted by Gasteiger charge is -2.25. The first-order chi connectivity index (χ1) is 14.9. The predicted molar refractivity (Wildman–Crippen MR) is 122 cm³/mol. The van der Waals surface area contributed by atoms with Crippen LogP contribution >= 0.6 is 15.9 Å². The fourth-order valence-electron chi connectivity index (χ4n) is 3.88. The van der Waals surface area contributed by atoms with Crippen LogP contribution in [0.1, 0.15) is 48.9 Å². The molecule has 0 bridgehead atoms. The van der Waals surface area contributed by atoms with E-state index in [4.69, 9.17) is 4.74 Å². The van der Waals surface area contributed by atoms with Crippen LogP contribution in [0.15, 0.2) is 57.9 Å². The van der Waals surface area contributed by atoms with Gasteiger partial charge in [0.1, 0.15) is 5.75 Å². The van der Waals surface area contributed by atoms with Crippen molar-refractivity contribution in [1.29, 1.82) is 0 Å². The molecule has 2 aromatic carbocycles. The summed E-state index contributed by atoms with van der Waals surface area (Å²) in [4.78, 5) is 15.1. The lowest BCUT2D eigenvalue weighted by molar-refractivity contribution is 0.0967. The highest BCUT2D eigenvalue weighted by molar-refractivity contribution is 9.10. The zero-order valence-electron chi connectivity index (χ0n) is 17.3. The number of hydrazine groups is 1. The van der Waals surface area contributed by atoms with Crippen LogP contribution in [0.3, 0.4) is 0 Å². The third-order valence-electron chi connectivity index (χ3n) is 5.78. The number of benzene rings is 2. The number of hydrogen-bond acceptors (Lipinski definition) is 5. The number of rotatable bonds is 10. The van der Waals surface area contributed by atoms with Crippen molar-refractivity contribution in [2.24, 2.45) is 5.92 Å². The van der Waals surface area contributed by atoms with Gasteiger partial charge in [-0.15, -0.1) is 4.83 Å². The molecule has 6 nitrogen and oxygen atoms in total. The Labute approximate surface area is 192 Å². The summed E-state index contributed by atoms with van der Waals surface area (Å²) in [5.41, 5.74) is 0.759. The topological polar surface area (TPSA) is 75.7 Å². The van der Waals surface area contributed by atoms with Crippen molar-refractivity contribution in [3.8, 4) is 5.75 Å². The van der Waals surface area contributed by atoms with Crippen LogP contribution in [-0.4, -0.2) is 38.4 Å². The highest BCUT2D eigenvalue weighted by Gasteiger charge is 2.30. The first-order valence-electron chi connectivity index (χ1n) is 10.7. The highest BCUT2D eigenvalue weighted by Crippen LogP contribution is 2.33. The van der Waals surface area contributed by atoms with Gasteiger partial charge in [-0.25, -0.2) is 13.4 Å². The number of Topliss-reactive ketones (excluding diaryl/α,β-unsaturated/α-hetero) is 1. The van der Waals surface area contributed by atoms with Gasteiger partial charge in [0.2, 0.25) is 0 Å². The minimum Gasteiger partial charge on any atom is -0.494 e. The van der Waals surface area contributed by atoms with Crippen LogP contribution in [0.4, 0.5) is 0 Å². The van der Waals surface area contributed by atoms with Crippen molar-refractivity contribution in [3.05, 3.63) is 58.6 Å². The number of hydrogen-bond donors (Lipinski definition) is 1. The van der Waals surface area contributed by atoms with E-state index < -0.39 is 10.0 Å². The van der Waals surface area contributed by atoms with Crippen LogP contribution in [0.5, 0.6) is 5.75 Å². The average Bonchev–Trinajstić information content (AvgIpc) is 3.52. The fourth-order valence-corrected chi connectivity index (χ4v) is 5.30. The zero-order valence-corrected chi connectivity index (χ0v) is 19.7. The minimum absolute atomic E-state index is 0.160. The summed E-state index contributed by atoms with van der Waals surface area (Å²) >= 11 is 3.33. The summed E-state index contributed by atoms with van der Waals surface area (Å²) < 4.78 is 32.0. The summed E-state index contributed by atoms with van der Waals surface area (Å²) in [6.45, 7) is 1.26. The molecule has 2 aromatic rings. The monoisotopic (exact) mass is 506 g/mol. The molecule has 1 N–H and O–H groups in total. The summed E-state index contributed by atoms with van der Waals surface area (Å²) in [5, 5.41) is 1.84. The van der Waals surface area contributed by atoms with Gasteiger partial charge in [0.25, 0.3) is 10.0 Å². The van der Waals surface area contributed by atoms with Gasteiger partial charge in [-0.1, -0.05) is 15.9 Å². The number of halogens is 1. The van der Waals surface area contributed by atoms with Crippen molar-refractivity contribution < 1.29 is 17.9 Å². The molecule has 1 heterocycles. The molecule has 0 amide bonds. The van der Waals surface area contributed by atoms with Crippen LogP contribution in [-0.2, 0) is 10.0 Å². The quantitative estimate of drug-likeness (QED) is 0.377. The van der Waals surface area contributed by atoms with Crippen LogP contribution in [0, 0.1) is 5.92 Å². The molecule has 1 unspecified atom stereocenters. The molecule has 2 aliphatic rings. The molecular formula is C23H27BrN2O4S. The summed E-state index contributed by atoms with van der Waals surface area (Å²) in [5.74, 6) is 1.22. The van der Waals surface area contributed by atoms with E-state index in [9.17, 15) is 13.2 Å². The molecule has 1 aliphatic carbocycles. The Morgan fingerprint density at radius 2 is 1.77 bits per heavy atom. The molecule has 166 valence electrons. The standard InChI is InChI=1S/C23H27BrN2O4S/c24-19-9-13-22(14-10-19)31(28,29)25-26-15-1-3-20(26)4-2-16-30-21-11-7-18(8-12-21)23(27)17-5-6-17/h7-14,17,20,25H,1-6,15-16H2. The second kappa shape index (κ2) is 9.81. The van der Waals surface area contributed by atoms with Gasteiger partial charge in [-0.2, -0.15) is 0 Å². The summed E-state index contributed by atoms with van der Waals surface area (Å²) in [7, 11) is -3.58. The molecule has 8 heteroatoms. The van der Waals surface area contributed by atoms with Crippen molar-refractivity contribution in [3.63, 3.8) is 0 Å². The lowest BCUT2D eigenvalue weighted by Crippen LogP contribution is -2.45. The zero-order chi connectivity index (χ0) is 21.8. The number of nitrogens with one attached hydrogen (secondary N) is 1. The van der Waals surface area contributed by atoms with E-state index in [1.54, 1.807) is 24.3 Å². The Morgan fingerprint density at radius 1 is 1.06 bits per heavy atom. The molecule has 4 rings (SSSR count). The van der Waals surface area contributed by atoms with Gasteiger partial charge in [0, 0.05) is 28.5 Å². The summed E-state index contributed by atoms with van der Waals surface area (Å²) in [6.07, 6.45) is 5.61. The first-order valence-corrected chi connectivity index (χ1v) is 13.0. The first kappa shape index (κ1) is 22.5. The van der Waals surface area contributed by atoms with E-state index in [0.717, 1.165) is 54.3 Å². The lowest BCUT2D eigenvalue weighted by atomic mass is 10.1. The molecule has 2 fully saturated rings. The third kappa shape index (κ3) is 5.94. The molecular weight excluding hydrogens is 480 g/mol. The number of ether oxygens (including phenoxy) is 1. The van der Waals surface area contributed by atoms with E-state index in [1.165, 1.54) is 0 Å². The van der Waals surface area contributed by atoms with E-state index in [0.29, 0.717) is 13.2 Å². The normalized spacial score (nSPS) is 19.5. The maximum absolute atomic E-state index is 12.7. The molecule has 1 saturated carbocycles. The maximum Gasteiger partial charge on any atom is 0.253 e. The van der Waals surface area contributed by atoms with Crippen LogP contribution in [0.2, 0.25) is 0 Å². The fraction of sp³-hybridized carbons (Fsp3) is 0.435. The van der Waals surface area contributed by atoms with Gasteiger partial charge >= 0.3 is 0 Å². The number of ketones is 1. The summed E-state index contributed by atoms with van der Waals surface area (Å²) in [6, 6.07) is 14.2. The number of carbonyl (C=O) groups excluding carboxylic acids is 1. The van der Waals surface area contributed by atoms with Gasteiger partial charge in [-0.3, -0.25) is 4.79 Å². The largest absolute Gasteiger partial charge is 0.494 e. The van der Waals surface area contributed by atoms with Gasteiger partial charge in [0.05, 0.1) is 11.5 Å². The Balaban J connectivity index is 1.23. The molecule has 0 spiro atoms.